The summed E-state index contributed by atoms with van der Waals surface area (Å²) >= 11 is 0.996. The number of fused-ring (bicyclic) bond motifs is 1. The van der Waals surface area contributed by atoms with Crippen molar-refractivity contribution in [2.75, 3.05) is 39.5 Å². The van der Waals surface area contributed by atoms with Crippen LogP contribution in [0.5, 0.6) is 5.75 Å². The molecule has 1 amide bonds. The zero-order valence-corrected chi connectivity index (χ0v) is 29.1. The van der Waals surface area contributed by atoms with Gasteiger partial charge >= 0.3 is 16.4 Å². The Balaban J connectivity index is 1.24. The number of aromatic nitrogens is 2. The molecular weight excluding hydrogens is 681 g/mol. The van der Waals surface area contributed by atoms with Crippen molar-refractivity contribution in [3.63, 3.8) is 0 Å². The number of hydrogen-bond donors (Lipinski definition) is 3. The van der Waals surface area contributed by atoms with E-state index in [1.807, 2.05) is 12.1 Å². The van der Waals surface area contributed by atoms with Crippen LogP contribution in [0.3, 0.4) is 0 Å². The Kier molecular flexibility index (Phi) is 10.3. The summed E-state index contributed by atoms with van der Waals surface area (Å²) < 4.78 is 42.4. The summed E-state index contributed by atoms with van der Waals surface area (Å²) in [7, 11) is -0.474. The average molecular weight is 720 g/mol. The van der Waals surface area contributed by atoms with Gasteiger partial charge in [-0.1, -0.05) is 11.2 Å². The number of ketones is 1. The molecule has 0 spiro atoms. The van der Waals surface area contributed by atoms with Crippen LogP contribution in [0.15, 0.2) is 40.9 Å². The van der Waals surface area contributed by atoms with Crippen LogP contribution in [0.1, 0.15) is 44.5 Å². The largest absolute Gasteiger partial charge is 0.489 e. The van der Waals surface area contributed by atoms with Gasteiger partial charge in [-0.2, -0.15) is 13.5 Å². The monoisotopic (exact) mass is 719 g/mol. The van der Waals surface area contributed by atoms with E-state index in [1.54, 1.807) is 18.2 Å². The highest BCUT2D eigenvalue weighted by molar-refractivity contribution is 7.80. The number of nitrogens with two attached hydrogens (primary N) is 1. The number of likely N-dealkylation sites (tertiary alicyclic amines) is 1. The number of anilines is 1. The number of nitrogens with zero attached hydrogens (tertiary/aromatic N) is 5. The minimum atomic E-state index is -4.99. The van der Waals surface area contributed by atoms with Gasteiger partial charge in [0.1, 0.15) is 18.1 Å². The molecule has 2 saturated heterocycles. The Bertz CT molecular complexity index is 1880. The molecule has 49 heavy (non-hydrogen) atoms. The van der Waals surface area contributed by atoms with E-state index in [2.05, 4.69) is 28.5 Å². The number of Topliss-reactive ketones (excluding diaryl/α,β-unsaturated/α-hetero) is 1. The number of carbonyl (C=O) groups excluding carboxylic acids is 2. The van der Waals surface area contributed by atoms with Crippen LogP contribution in [0, 0.1) is 11.8 Å². The van der Waals surface area contributed by atoms with Gasteiger partial charge in [0, 0.05) is 22.9 Å². The maximum Gasteiger partial charge on any atom is 0.418 e. The lowest BCUT2D eigenvalue weighted by atomic mass is 9.74. The van der Waals surface area contributed by atoms with E-state index < -0.39 is 64.4 Å². The number of hydrogen-bond acceptors (Lipinski definition) is 13. The van der Waals surface area contributed by atoms with Gasteiger partial charge in [-0.3, -0.25) is 19.1 Å². The molecule has 16 nitrogen and oxygen atoms in total. The zero-order valence-electron chi connectivity index (χ0n) is 27.4. The molecule has 2 unspecified atom stereocenters. The third kappa shape index (κ3) is 8.69. The number of amides is 1. The molecule has 264 valence electrons. The number of carboxylic acids is 1. The molecule has 0 saturated carbocycles. The average Bonchev–Trinajstić information content (AvgIpc) is 3.46. The lowest BCUT2D eigenvalue weighted by Crippen LogP contribution is -2.68. The number of thiazole rings is 1. The SMILES string of the molecule is CC1(C)C(CC(=O)/C(=N\OC(COc2ccc3nc(CC4CC[N+](C)(C)CC4)ccc3c2)C(=O)O)c2csc(N)n2)C(=O)N1OS(=O)(=O)O. The molecule has 2 aliphatic heterocycles. The summed E-state index contributed by atoms with van der Waals surface area (Å²) in [5.41, 5.74) is 5.83. The number of carboxylic acid groups (broad SMARTS) is 1. The third-order valence-corrected chi connectivity index (χ3v) is 9.92. The maximum atomic E-state index is 13.4. The standard InChI is InChI=1S/C31H38N6O10S2/c1-31(2)22(28(39)36(31)47-49(42,43)44)15-25(38)27(24-17-48-30(32)34-24)35-46-26(29(40)41)16-45-21-7-8-23-19(14-21)5-6-20(33-23)13-18-9-11-37(3,4)12-10-18/h5-8,14,17-18,22,26H,9-13,15-16H2,1-4H3,(H3-,32,34,40,41,42,43,44)/p+1/b35-27-. The van der Waals surface area contributed by atoms with Crippen molar-refractivity contribution in [3.05, 3.63) is 47.1 Å². The number of carbonyl (C=O) groups is 3. The van der Waals surface area contributed by atoms with E-state index >= 15 is 0 Å². The van der Waals surface area contributed by atoms with Crippen molar-refractivity contribution in [2.24, 2.45) is 17.0 Å². The minimum absolute atomic E-state index is 0.0129. The van der Waals surface area contributed by atoms with Crippen LogP contribution in [-0.4, -0.2) is 106 Å². The Labute approximate surface area is 287 Å². The Morgan fingerprint density at radius 2 is 1.90 bits per heavy atom. The van der Waals surface area contributed by atoms with Crippen LogP contribution in [-0.2, 0) is 40.3 Å². The lowest BCUT2D eigenvalue weighted by Gasteiger charge is -2.50. The minimum Gasteiger partial charge on any atom is -0.489 e. The van der Waals surface area contributed by atoms with Gasteiger partial charge in [-0.05, 0) is 63.3 Å². The fourth-order valence-corrected chi connectivity index (χ4v) is 6.89. The van der Waals surface area contributed by atoms with E-state index in [4.69, 9.17) is 24.8 Å². The quantitative estimate of drug-likeness (QED) is 0.0718. The normalized spacial score (nSPS) is 20.1. The first-order chi connectivity index (χ1) is 22.9. The maximum absolute atomic E-state index is 13.4. The third-order valence-electron chi connectivity index (χ3n) is 8.91. The molecular formula is C31H39N6O10S2+. The zero-order chi connectivity index (χ0) is 35.7. The van der Waals surface area contributed by atoms with E-state index in [1.165, 1.54) is 19.2 Å². The van der Waals surface area contributed by atoms with Crippen molar-refractivity contribution >= 4 is 61.1 Å². The summed E-state index contributed by atoms with van der Waals surface area (Å²) in [6.07, 6.45) is 1.11. The first-order valence-corrected chi connectivity index (χ1v) is 17.7. The van der Waals surface area contributed by atoms with Crippen molar-refractivity contribution in [1.82, 2.24) is 15.0 Å². The van der Waals surface area contributed by atoms with Crippen molar-refractivity contribution < 1.29 is 50.8 Å². The molecule has 5 rings (SSSR count). The lowest BCUT2D eigenvalue weighted by molar-refractivity contribution is -0.896. The second-order valence-corrected chi connectivity index (χ2v) is 15.3. The van der Waals surface area contributed by atoms with Crippen LogP contribution in [0.4, 0.5) is 5.13 Å². The highest BCUT2D eigenvalue weighted by Gasteiger charge is 2.57. The molecule has 2 atom stereocenters. The van der Waals surface area contributed by atoms with Crippen LogP contribution in [0.2, 0.25) is 0 Å². The number of quaternary nitrogens is 1. The molecule has 2 aliphatic rings. The molecule has 0 aliphatic carbocycles. The van der Waals surface area contributed by atoms with Crippen LogP contribution >= 0.6 is 11.3 Å². The molecule has 0 radical (unpaired) electrons. The number of aliphatic carboxylic acids is 1. The number of ether oxygens (including phenoxy) is 1. The number of β-lactam (4-membered cyclic amide) rings is 1. The predicted molar refractivity (Wildman–Crippen MR) is 178 cm³/mol. The fourth-order valence-electron chi connectivity index (χ4n) is 5.89. The van der Waals surface area contributed by atoms with Gasteiger partial charge < -0.3 is 24.9 Å². The Morgan fingerprint density at radius 3 is 2.51 bits per heavy atom. The predicted octanol–water partition coefficient (Wildman–Crippen LogP) is 2.49. The number of rotatable bonds is 14. The van der Waals surface area contributed by atoms with Gasteiger partial charge in [0.15, 0.2) is 16.6 Å². The number of pyridine rings is 1. The Hall–Kier alpha value is -4.23. The Morgan fingerprint density at radius 1 is 1.18 bits per heavy atom. The molecule has 2 aromatic heterocycles. The summed E-state index contributed by atoms with van der Waals surface area (Å²) in [6.45, 7) is 4.70. The van der Waals surface area contributed by atoms with E-state index in [0.717, 1.165) is 64.8 Å². The van der Waals surface area contributed by atoms with E-state index in [0.29, 0.717) is 16.7 Å². The first kappa shape index (κ1) is 36.1. The second kappa shape index (κ2) is 13.9. The molecule has 4 N–H and O–H groups in total. The van der Waals surface area contributed by atoms with Gasteiger partial charge in [0.2, 0.25) is 0 Å². The van der Waals surface area contributed by atoms with Gasteiger partial charge in [0.05, 0.1) is 44.2 Å². The van der Waals surface area contributed by atoms with Crippen LogP contribution in [0.25, 0.3) is 10.9 Å². The number of benzene rings is 1. The van der Waals surface area contributed by atoms with Crippen molar-refractivity contribution in [2.45, 2.75) is 51.2 Å². The number of piperidine rings is 1. The summed E-state index contributed by atoms with van der Waals surface area (Å²) in [4.78, 5) is 52.2. The van der Waals surface area contributed by atoms with E-state index in [9.17, 15) is 27.9 Å². The molecule has 3 aromatic rings. The number of nitrogen functional groups attached to an aromatic ring is 1. The molecule has 4 heterocycles. The molecule has 2 fully saturated rings. The fraction of sp³-hybridized carbons (Fsp3) is 0.484. The summed E-state index contributed by atoms with van der Waals surface area (Å²) in [5.74, 6) is -3.15. The van der Waals surface area contributed by atoms with Crippen molar-refractivity contribution in [3.8, 4) is 5.75 Å². The number of oxime groups is 1. The smallest absolute Gasteiger partial charge is 0.418 e. The van der Waals surface area contributed by atoms with Crippen molar-refractivity contribution in [1.29, 1.82) is 0 Å². The van der Waals surface area contributed by atoms with Gasteiger partial charge in [-0.25, -0.2) is 9.78 Å². The van der Waals surface area contributed by atoms with E-state index in [-0.39, 0.29) is 10.8 Å². The topological polar surface area (TPSA) is 221 Å². The summed E-state index contributed by atoms with van der Waals surface area (Å²) in [5, 5.41) is 16.4. The highest BCUT2D eigenvalue weighted by Crippen LogP contribution is 2.40. The molecule has 1 aromatic carbocycles. The van der Waals surface area contributed by atoms with Gasteiger partial charge in [0.25, 0.3) is 12.0 Å². The molecule has 18 heteroatoms. The highest BCUT2D eigenvalue weighted by atomic mass is 32.3. The first-order valence-electron chi connectivity index (χ1n) is 15.5. The molecule has 0 bridgehead atoms. The number of hydroxylamine groups is 2. The van der Waals surface area contributed by atoms with Gasteiger partial charge in [-0.15, -0.1) is 15.6 Å². The second-order valence-electron chi connectivity index (χ2n) is 13.4. The summed E-state index contributed by atoms with van der Waals surface area (Å²) in [6, 6.07) is 9.19. The van der Waals surface area contributed by atoms with Crippen LogP contribution < -0.4 is 10.5 Å².